The van der Waals surface area contributed by atoms with Gasteiger partial charge >= 0.3 is 6.18 Å². The lowest BCUT2D eigenvalue weighted by Crippen LogP contribution is -2.08. The van der Waals surface area contributed by atoms with Crippen LogP contribution in [0.15, 0.2) is 34.8 Å². The van der Waals surface area contributed by atoms with Crippen LogP contribution in [0.4, 0.5) is 30.5 Å². The fourth-order valence-corrected chi connectivity index (χ4v) is 1.90. The van der Waals surface area contributed by atoms with E-state index in [1.807, 2.05) is 6.92 Å². The average Bonchev–Trinajstić information content (AvgIpc) is 2.32. The molecule has 1 heterocycles. The Kier molecular flexibility index (Phi) is 3.89. The molecule has 7 heteroatoms. The van der Waals surface area contributed by atoms with E-state index in [1.54, 1.807) is 18.2 Å². The fourth-order valence-electron chi connectivity index (χ4n) is 1.65. The van der Waals surface area contributed by atoms with Crippen molar-refractivity contribution < 1.29 is 13.2 Å². The van der Waals surface area contributed by atoms with Gasteiger partial charge in [-0.2, -0.15) is 13.2 Å². The monoisotopic (exact) mass is 345 g/mol. The molecule has 3 N–H and O–H groups in total. The number of halogens is 4. The van der Waals surface area contributed by atoms with Crippen molar-refractivity contribution in [2.75, 3.05) is 11.1 Å². The van der Waals surface area contributed by atoms with Crippen LogP contribution in [0.2, 0.25) is 0 Å². The largest absolute Gasteiger partial charge is 0.416 e. The van der Waals surface area contributed by atoms with Crippen LogP contribution in [-0.2, 0) is 6.18 Å². The van der Waals surface area contributed by atoms with Gasteiger partial charge in [0, 0.05) is 10.2 Å². The highest BCUT2D eigenvalue weighted by atomic mass is 79.9. The first-order valence-corrected chi connectivity index (χ1v) is 6.43. The van der Waals surface area contributed by atoms with Crippen LogP contribution >= 0.6 is 15.9 Å². The summed E-state index contributed by atoms with van der Waals surface area (Å²) in [5.74, 6) is -0.129. The average molecular weight is 346 g/mol. The summed E-state index contributed by atoms with van der Waals surface area (Å²) in [6, 6.07) is 7.05. The van der Waals surface area contributed by atoms with Gasteiger partial charge in [0.2, 0.25) is 0 Å². The normalized spacial score (nSPS) is 11.4. The van der Waals surface area contributed by atoms with Crippen LogP contribution in [0.3, 0.4) is 0 Å². The molecule has 0 aliphatic heterocycles. The van der Waals surface area contributed by atoms with Crippen molar-refractivity contribution in [3.8, 4) is 0 Å². The Morgan fingerprint density at radius 2 is 1.90 bits per heavy atom. The van der Waals surface area contributed by atoms with Crippen molar-refractivity contribution in [1.29, 1.82) is 0 Å². The summed E-state index contributed by atoms with van der Waals surface area (Å²) >= 11 is 3.35. The van der Waals surface area contributed by atoms with Gasteiger partial charge in [-0.05, 0) is 42.8 Å². The Morgan fingerprint density at radius 1 is 1.20 bits per heavy atom. The number of nitrogen functional groups attached to an aromatic ring is 1. The van der Waals surface area contributed by atoms with E-state index in [4.69, 9.17) is 5.73 Å². The molecular weight excluding hydrogens is 335 g/mol. The number of aryl methyl sites for hydroxylation is 1. The number of alkyl halides is 3. The third-order valence-electron chi connectivity index (χ3n) is 2.60. The van der Waals surface area contributed by atoms with Gasteiger partial charge < -0.3 is 11.1 Å². The number of pyridine rings is 1. The number of hydrogen-bond acceptors (Lipinski definition) is 3. The van der Waals surface area contributed by atoms with Crippen molar-refractivity contribution in [2.45, 2.75) is 13.1 Å². The Hall–Kier alpha value is -1.76. The maximum Gasteiger partial charge on any atom is 0.416 e. The van der Waals surface area contributed by atoms with E-state index < -0.39 is 11.7 Å². The summed E-state index contributed by atoms with van der Waals surface area (Å²) in [6.07, 6.45) is -4.46. The lowest BCUT2D eigenvalue weighted by atomic mass is 10.2. The topological polar surface area (TPSA) is 50.9 Å². The van der Waals surface area contributed by atoms with Gasteiger partial charge in [-0.3, -0.25) is 0 Å². The third kappa shape index (κ3) is 3.41. The molecule has 1 aromatic heterocycles. The molecular formula is C13H11BrF3N3. The molecule has 2 aromatic rings. The Morgan fingerprint density at radius 3 is 2.50 bits per heavy atom. The fraction of sp³-hybridized carbons (Fsp3) is 0.154. The first-order chi connectivity index (χ1) is 9.25. The van der Waals surface area contributed by atoms with Gasteiger partial charge in [0.1, 0.15) is 11.6 Å². The number of benzene rings is 1. The zero-order chi connectivity index (χ0) is 14.9. The van der Waals surface area contributed by atoms with Gasteiger partial charge in [-0.25, -0.2) is 4.98 Å². The molecule has 106 valence electrons. The Labute approximate surface area is 122 Å². The van der Waals surface area contributed by atoms with Crippen molar-refractivity contribution in [3.63, 3.8) is 0 Å². The number of nitrogens with zero attached hydrogens (tertiary/aromatic N) is 1. The number of rotatable bonds is 2. The van der Waals surface area contributed by atoms with Crippen LogP contribution in [0, 0.1) is 6.92 Å². The first kappa shape index (κ1) is 14.6. The lowest BCUT2D eigenvalue weighted by Gasteiger charge is -2.12. The van der Waals surface area contributed by atoms with E-state index >= 15 is 0 Å². The lowest BCUT2D eigenvalue weighted by molar-refractivity contribution is -0.137. The predicted octanol–water partition coefficient (Wildman–Crippen LogP) is 4.50. The van der Waals surface area contributed by atoms with Gasteiger partial charge in [-0.15, -0.1) is 0 Å². The molecule has 0 saturated carbocycles. The standard InChI is InChI=1S/C13H11BrF3N3/c1-7-4-9(2-3-10(7)14)19-12-6-8(13(15,16)17)5-11(18)20-12/h2-6H,1H3,(H3,18,19,20). The van der Waals surface area contributed by atoms with Crippen LogP contribution in [0.1, 0.15) is 11.1 Å². The minimum atomic E-state index is -4.46. The van der Waals surface area contributed by atoms with Gasteiger partial charge in [0.15, 0.2) is 0 Å². The number of hydrogen-bond donors (Lipinski definition) is 2. The maximum atomic E-state index is 12.7. The molecule has 0 bridgehead atoms. The quantitative estimate of drug-likeness (QED) is 0.842. The smallest absolute Gasteiger partial charge is 0.384 e. The summed E-state index contributed by atoms with van der Waals surface area (Å²) in [5, 5.41) is 2.81. The maximum absolute atomic E-state index is 12.7. The van der Waals surface area contributed by atoms with Crippen LogP contribution in [-0.4, -0.2) is 4.98 Å². The SMILES string of the molecule is Cc1cc(Nc2cc(C(F)(F)F)cc(N)n2)ccc1Br. The Balaban J connectivity index is 2.33. The zero-order valence-electron chi connectivity index (χ0n) is 10.4. The molecule has 0 fully saturated rings. The minimum absolute atomic E-state index is 0.0547. The van der Waals surface area contributed by atoms with Crippen LogP contribution in [0.25, 0.3) is 0 Å². The summed E-state index contributed by atoms with van der Waals surface area (Å²) in [7, 11) is 0. The molecule has 3 nitrogen and oxygen atoms in total. The summed E-state index contributed by atoms with van der Waals surface area (Å²) in [4.78, 5) is 3.85. The van der Waals surface area contributed by atoms with E-state index in [9.17, 15) is 13.2 Å². The van der Waals surface area contributed by atoms with Crippen LogP contribution < -0.4 is 11.1 Å². The second kappa shape index (κ2) is 5.32. The minimum Gasteiger partial charge on any atom is -0.384 e. The summed E-state index contributed by atoms with van der Waals surface area (Å²) in [6.45, 7) is 1.88. The van der Waals surface area contributed by atoms with E-state index in [2.05, 4.69) is 26.2 Å². The second-order valence-electron chi connectivity index (χ2n) is 4.25. The zero-order valence-corrected chi connectivity index (χ0v) is 12.0. The van der Waals surface area contributed by atoms with E-state index in [0.717, 1.165) is 22.2 Å². The van der Waals surface area contributed by atoms with Gasteiger partial charge in [0.25, 0.3) is 0 Å². The number of aromatic nitrogens is 1. The van der Waals surface area contributed by atoms with Gasteiger partial charge in [-0.1, -0.05) is 15.9 Å². The van der Waals surface area contributed by atoms with Crippen molar-refractivity contribution in [2.24, 2.45) is 0 Å². The molecule has 0 aliphatic rings. The summed E-state index contributed by atoms with van der Waals surface area (Å²) in [5.41, 5.74) is 6.16. The molecule has 20 heavy (non-hydrogen) atoms. The van der Waals surface area contributed by atoms with E-state index in [-0.39, 0.29) is 11.6 Å². The second-order valence-corrected chi connectivity index (χ2v) is 5.11. The molecule has 0 unspecified atom stereocenters. The molecule has 0 amide bonds. The van der Waals surface area contributed by atoms with Crippen molar-refractivity contribution in [1.82, 2.24) is 4.98 Å². The predicted molar refractivity (Wildman–Crippen MR) is 75.8 cm³/mol. The summed E-state index contributed by atoms with van der Waals surface area (Å²) < 4.78 is 39.0. The molecule has 2 rings (SSSR count). The van der Waals surface area contributed by atoms with Crippen molar-refractivity contribution in [3.05, 3.63) is 45.9 Å². The molecule has 1 aromatic carbocycles. The molecule has 0 spiro atoms. The highest BCUT2D eigenvalue weighted by Crippen LogP contribution is 2.32. The highest BCUT2D eigenvalue weighted by molar-refractivity contribution is 9.10. The number of anilines is 3. The Bertz CT molecular complexity index is 641. The first-order valence-electron chi connectivity index (χ1n) is 5.63. The third-order valence-corrected chi connectivity index (χ3v) is 3.49. The molecule has 0 radical (unpaired) electrons. The van der Waals surface area contributed by atoms with E-state index in [1.165, 1.54) is 0 Å². The van der Waals surface area contributed by atoms with E-state index in [0.29, 0.717) is 5.69 Å². The van der Waals surface area contributed by atoms with Crippen LogP contribution in [0.5, 0.6) is 0 Å². The van der Waals surface area contributed by atoms with Crippen molar-refractivity contribution >= 4 is 33.3 Å². The number of nitrogens with two attached hydrogens (primary N) is 1. The molecule has 0 atom stereocenters. The number of nitrogens with one attached hydrogen (secondary N) is 1. The van der Waals surface area contributed by atoms with Gasteiger partial charge in [0.05, 0.1) is 5.56 Å². The molecule has 0 aliphatic carbocycles. The molecule has 0 saturated heterocycles. The highest BCUT2D eigenvalue weighted by Gasteiger charge is 2.31.